The molecule has 6 heteroatoms. The van der Waals surface area contributed by atoms with Crippen molar-refractivity contribution in [2.75, 3.05) is 32.0 Å². The number of aryl methyl sites for hydroxylation is 1. The second kappa shape index (κ2) is 10.4. The summed E-state index contributed by atoms with van der Waals surface area (Å²) < 4.78 is 24.2. The summed E-state index contributed by atoms with van der Waals surface area (Å²) in [4.78, 5) is 2.29. The van der Waals surface area contributed by atoms with E-state index in [1.165, 1.54) is 27.8 Å². The number of nitrogens with two attached hydrogens (primary N) is 1. The van der Waals surface area contributed by atoms with Crippen LogP contribution in [0.1, 0.15) is 47.9 Å². The lowest BCUT2D eigenvalue weighted by Gasteiger charge is -2.19. The van der Waals surface area contributed by atoms with Crippen LogP contribution in [0, 0.1) is 0 Å². The minimum Gasteiger partial charge on any atom is -0.489 e. The van der Waals surface area contributed by atoms with Crippen LogP contribution in [0.4, 0.5) is 10.1 Å². The standard InChI is InChI=1S/C31H32FN3O2/c32-14-2-15-35-16-13-27(20-35)36-26-9-5-21(6-10-26)31-28(23-7-12-30-24(17-23)19-34-37-30)4-1-3-22-18-25(33)8-11-29(22)31/h5-12,17-19,27H,1-4,13-16,20,33H2. The largest absolute Gasteiger partial charge is 0.489 e. The maximum atomic E-state index is 12.5. The number of anilines is 1. The Kier molecular flexibility index (Phi) is 6.66. The van der Waals surface area contributed by atoms with E-state index in [1.807, 2.05) is 12.1 Å². The van der Waals surface area contributed by atoms with Gasteiger partial charge in [0.05, 0.1) is 12.9 Å². The van der Waals surface area contributed by atoms with Gasteiger partial charge in [0.15, 0.2) is 5.58 Å². The third kappa shape index (κ3) is 4.98. The molecule has 1 atom stereocenters. The second-order valence-electron chi connectivity index (χ2n) is 10.1. The number of hydrogen-bond acceptors (Lipinski definition) is 5. The molecular weight excluding hydrogens is 465 g/mol. The SMILES string of the molecule is Nc1ccc2c(c1)CCCC(c1ccc3oncc3c1)=C2c1ccc(OC2CCN(CCCF)C2)cc1. The molecule has 0 amide bonds. The molecule has 37 heavy (non-hydrogen) atoms. The summed E-state index contributed by atoms with van der Waals surface area (Å²) in [6.07, 6.45) is 6.51. The number of likely N-dealkylation sites (tertiary alicyclic amines) is 1. The Morgan fingerprint density at radius 1 is 1.03 bits per heavy atom. The van der Waals surface area contributed by atoms with Crippen molar-refractivity contribution in [2.24, 2.45) is 0 Å². The molecule has 6 rings (SSSR count). The molecule has 0 spiro atoms. The summed E-state index contributed by atoms with van der Waals surface area (Å²) in [6, 6.07) is 21.1. The van der Waals surface area contributed by atoms with E-state index in [9.17, 15) is 4.39 Å². The zero-order chi connectivity index (χ0) is 25.2. The fraction of sp³-hybridized carbons (Fsp3) is 0.323. The summed E-state index contributed by atoms with van der Waals surface area (Å²) in [6.45, 7) is 2.37. The number of fused-ring (bicyclic) bond motifs is 2. The van der Waals surface area contributed by atoms with E-state index in [1.54, 1.807) is 6.20 Å². The molecule has 5 nitrogen and oxygen atoms in total. The second-order valence-corrected chi connectivity index (χ2v) is 10.1. The number of benzene rings is 3. The Morgan fingerprint density at radius 3 is 2.76 bits per heavy atom. The molecular formula is C31H32FN3O2. The van der Waals surface area contributed by atoms with Crippen molar-refractivity contribution in [3.63, 3.8) is 0 Å². The molecule has 190 valence electrons. The molecule has 0 bridgehead atoms. The van der Waals surface area contributed by atoms with E-state index in [-0.39, 0.29) is 12.8 Å². The van der Waals surface area contributed by atoms with Crippen molar-refractivity contribution in [1.29, 1.82) is 0 Å². The van der Waals surface area contributed by atoms with Gasteiger partial charge in [-0.15, -0.1) is 0 Å². The molecule has 0 saturated carbocycles. The van der Waals surface area contributed by atoms with E-state index in [2.05, 4.69) is 58.6 Å². The summed E-state index contributed by atoms with van der Waals surface area (Å²) in [5.41, 5.74) is 15.2. The maximum Gasteiger partial charge on any atom is 0.166 e. The molecule has 2 N–H and O–H groups in total. The van der Waals surface area contributed by atoms with Crippen LogP contribution in [0.3, 0.4) is 0 Å². The van der Waals surface area contributed by atoms with Gasteiger partial charge < -0.3 is 15.0 Å². The van der Waals surface area contributed by atoms with Gasteiger partial charge in [0.2, 0.25) is 0 Å². The smallest absolute Gasteiger partial charge is 0.166 e. The lowest BCUT2D eigenvalue weighted by atomic mass is 9.87. The molecule has 3 aromatic carbocycles. The molecule has 1 fully saturated rings. The van der Waals surface area contributed by atoms with Gasteiger partial charge in [0, 0.05) is 30.7 Å². The molecule has 0 radical (unpaired) electrons. The Morgan fingerprint density at radius 2 is 1.89 bits per heavy atom. The Bertz CT molecular complexity index is 1430. The zero-order valence-corrected chi connectivity index (χ0v) is 21.0. The predicted molar refractivity (Wildman–Crippen MR) is 146 cm³/mol. The van der Waals surface area contributed by atoms with Gasteiger partial charge in [0.25, 0.3) is 0 Å². The number of rotatable bonds is 7. The first-order chi connectivity index (χ1) is 18.2. The fourth-order valence-corrected chi connectivity index (χ4v) is 5.76. The number of hydrogen-bond donors (Lipinski definition) is 1. The van der Waals surface area contributed by atoms with E-state index < -0.39 is 0 Å². The summed E-state index contributed by atoms with van der Waals surface area (Å²) in [5.74, 6) is 0.875. The molecule has 1 unspecified atom stereocenters. The van der Waals surface area contributed by atoms with Gasteiger partial charge in [-0.2, -0.15) is 0 Å². The van der Waals surface area contributed by atoms with Crippen LogP contribution in [0.25, 0.3) is 22.1 Å². The number of halogens is 1. The predicted octanol–water partition coefficient (Wildman–Crippen LogP) is 6.52. The van der Waals surface area contributed by atoms with Crippen molar-refractivity contribution in [1.82, 2.24) is 10.1 Å². The van der Waals surface area contributed by atoms with Gasteiger partial charge >= 0.3 is 0 Å². The van der Waals surface area contributed by atoms with Gasteiger partial charge in [-0.05, 0) is 102 Å². The third-order valence-corrected chi connectivity index (χ3v) is 7.56. The number of nitrogen functional groups attached to an aromatic ring is 1. The summed E-state index contributed by atoms with van der Waals surface area (Å²) in [5, 5.41) is 4.97. The summed E-state index contributed by atoms with van der Waals surface area (Å²) in [7, 11) is 0. The molecule has 1 aliphatic heterocycles. The number of aromatic nitrogens is 1. The van der Waals surface area contributed by atoms with Crippen molar-refractivity contribution in [3.8, 4) is 5.75 Å². The Hall–Kier alpha value is -3.64. The van der Waals surface area contributed by atoms with Crippen LogP contribution >= 0.6 is 0 Å². The summed E-state index contributed by atoms with van der Waals surface area (Å²) >= 11 is 0. The number of ether oxygens (including phenoxy) is 1. The highest BCUT2D eigenvalue weighted by molar-refractivity contribution is 6.01. The number of alkyl halides is 1. The topological polar surface area (TPSA) is 64.5 Å². The van der Waals surface area contributed by atoms with E-state index in [0.29, 0.717) is 6.42 Å². The lowest BCUT2D eigenvalue weighted by molar-refractivity contribution is 0.198. The first-order valence-electron chi connectivity index (χ1n) is 13.2. The fourth-order valence-electron chi connectivity index (χ4n) is 5.76. The van der Waals surface area contributed by atoms with Gasteiger partial charge in [-0.3, -0.25) is 9.29 Å². The van der Waals surface area contributed by atoms with Crippen LogP contribution < -0.4 is 10.5 Å². The molecule has 1 aliphatic carbocycles. The quantitative estimate of drug-likeness (QED) is 0.295. The Balaban J connectivity index is 1.35. The van der Waals surface area contributed by atoms with Crippen LogP contribution in [-0.2, 0) is 6.42 Å². The average Bonchev–Trinajstić information content (AvgIpc) is 3.53. The van der Waals surface area contributed by atoms with E-state index >= 15 is 0 Å². The van der Waals surface area contributed by atoms with Crippen LogP contribution in [0.2, 0.25) is 0 Å². The Labute approximate surface area is 216 Å². The van der Waals surface area contributed by atoms with Crippen molar-refractivity contribution < 1.29 is 13.7 Å². The number of nitrogens with zero attached hydrogens (tertiary/aromatic N) is 2. The zero-order valence-electron chi connectivity index (χ0n) is 21.0. The minimum atomic E-state index is -0.260. The van der Waals surface area contributed by atoms with Gasteiger partial charge in [-0.25, -0.2) is 0 Å². The highest BCUT2D eigenvalue weighted by atomic mass is 19.1. The van der Waals surface area contributed by atoms with Crippen molar-refractivity contribution in [3.05, 3.63) is 89.1 Å². The van der Waals surface area contributed by atoms with Gasteiger partial charge in [0.1, 0.15) is 11.9 Å². The van der Waals surface area contributed by atoms with Gasteiger partial charge in [-0.1, -0.05) is 29.4 Å². The van der Waals surface area contributed by atoms with Crippen LogP contribution in [0.5, 0.6) is 5.75 Å². The van der Waals surface area contributed by atoms with E-state index in [4.69, 9.17) is 15.0 Å². The normalized spacial score (nSPS) is 18.2. The first-order valence-corrected chi connectivity index (χ1v) is 13.2. The molecule has 1 saturated heterocycles. The highest BCUT2D eigenvalue weighted by Crippen LogP contribution is 2.41. The minimum absolute atomic E-state index is 0.150. The van der Waals surface area contributed by atoms with Crippen molar-refractivity contribution >= 4 is 27.8 Å². The third-order valence-electron chi connectivity index (χ3n) is 7.56. The molecule has 2 heterocycles. The van der Waals surface area contributed by atoms with Crippen LogP contribution in [0.15, 0.2) is 71.4 Å². The van der Waals surface area contributed by atoms with E-state index in [0.717, 1.165) is 73.3 Å². The molecule has 1 aromatic heterocycles. The van der Waals surface area contributed by atoms with Crippen LogP contribution in [-0.4, -0.2) is 42.5 Å². The monoisotopic (exact) mass is 497 g/mol. The maximum absolute atomic E-state index is 12.5. The lowest BCUT2D eigenvalue weighted by Crippen LogP contribution is -2.26. The van der Waals surface area contributed by atoms with Crippen molar-refractivity contribution in [2.45, 2.75) is 38.2 Å². The molecule has 4 aromatic rings. The average molecular weight is 498 g/mol. The highest BCUT2D eigenvalue weighted by Gasteiger charge is 2.24. The number of allylic oxidation sites excluding steroid dienone is 1. The first kappa shape index (κ1) is 23.7. The molecule has 2 aliphatic rings.